The van der Waals surface area contributed by atoms with Gasteiger partial charge in [0.25, 0.3) is 0 Å². The number of nitrogen functional groups attached to an aromatic ring is 1. The van der Waals surface area contributed by atoms with Crippen molar-refractivity contribution < 1.29 is 5.11 Å². The van der Waals surface area contributed by atoms with Gasteiger partial charge in [-0.25, -0.2) is 0 Å². The summed E-state index contributed by atoms with van der Waals surface area (Å²) in [5, 5.41) is 9.89. The van der Waals surface area contributed by atoms with Crippen molar-refractivity contribution in [1.29, 1.82) is 0 Å². The molecule has 0 aliphatic carbocycles. The third-order valence-corrected chi connectivity index (χ3v) is 2.98. The van der Waals surface area contributed by atoms with E-state index in [-0.39, 0.29) is 0 Å². The van der Waals surface area contributed by atoms with E-state index in [1.807, 2.05) is 26.0 Å². The number of aryl methyl sites for hydroxylation is 1. The Hall–Kier alpha value is -1.22. The lowest BCUT2D eigenvalue weighted by atomic mass is 10.1. The van der Waals surface area contributed by atoms with Crippen LogP contribution in [0.3, 0.4) is 0 Å². The number of β-amino-alcohol motifs (C(OH)–C–C–N with tert-alkyl or cyclic N) is 1. The minimum atomic E-state index is -0.572. The van der Waals surface area contributed by atoms with E-state index in [0.717, 1.165) is 24.3 Å². The summed E-state index contributed by atoms with van der Waals surface area (Å²) < 4.78 is 0. The number of hydrogen-bond acceptors (Lipinski definition) is 3. The highest BCUT2D eigenvalue weighted by Crippen LogP contribution is 2.30. The zero-order valence-corrected chi connectivity index (χ0v) is 9.33. The quantitative estimate of drug-likeness (QED) is 0.685. The third kappa shape index (κ3) is 2.07. The van der Waals surface area contributed by atoms with Crippen LogP contribution in [-0.4, -0.2) is 23.8 Å². The second-order valence-electron chi connectivity index (χ2n) is 4.73. The smallest absolute Gasteiger partial charge is 0.0810 e. The van der Waals surface area contributed by atoms with Crippen molar-refractivity contribution in [3.05, 3.63) is 23.8 Å². The molecule has 3 nitrogen and oxygen atoms in total. The topological polar surface area (TPSA) is 49.5 Å². The van der Waals surface area contributed by atoms with Crippen LogP contribution in [0.1, 0.15) is 18.9 Å². The summed E-state index contributed by atoms with van der Waals surface area (Å²) in [6.07, 6.45) is 0.806. The summed E-state index contributed by atoms with van der Waals surface area (Å²) >= 11 is 0. The van der Waals surface area contributed by atoms with E-state index in [1.165, 1.54) is 5.56 Å². The molecule has 3 N–H and O–H groups in total. The molecule has 0 bridgehead atoms. The Balaban J connectivity index is 2.24. The molecule has 2 rings (SSSR count). The van der Waals surface area contributed by atoms with Crippen LogP contribution in [0.2, 0.25) is 0 Å². The lowest BCUT2D eigenvalue weighted by Gasteiger charge is -2.22. The van der Waals surface area contributed by atoms with Gasteiger partial charge in [0.05, 0.1) is 17.0 Å². The molecule has 0 saturated carbocycles. The Bertz CT molecular complexity index is 374. The van der Waals surface area contributed by atoms with Crippen molar-refractivity contribution in [1.82, 2.24) is 0 Å². The SMILES string of the molecule is Cc1ccc(N2CCC(C)(O)C2)c(N)c1. The van der Waals surface area contributed by atoms with Gasteiger partial charge >= 0.3 is 0 Å². The number of benzene rings is 1. The molecule has 82 valence electrons. The van der Waals surface area contributed by atoms with E-state index < -0.39 is 5.60 Å². The van der Waals surface area contributed by atoms with Crippen molar-refractivity contribution >= 4 is 11.4 Å². The van der Waals surface area contributed by atoms with E-state index in [1.54, 1.807) is 0 Å². The van der Waals surface area contributed by atoms with Crippen LogP contribution in [0.4, 0.5) is 11.4 Å². The van der Waals surface area contributed by atoms with Gasteiger partial charge in [0.15, 0.2) is 0 Å². The zero-order chi connectivity index (χ0) is 11.1. The molecule has 1 atom stereocenters. The number of nitrogens with zero attached hydrogens (tertiary/aromatic N) is 1. The van der Waals surface area contributed by atoms with Crippen LogP contribution >= 0.6 is 0 Å². The van der Waals surface area contributed by atoms with E-state index >= 15 is 0 Å². The fraction of sp³-hybridized carbons (Fsp3) is 0.500. The van der Waals surface area contributed by atoms with Crippen molar-refractivity contribution in [3.63, 3.8) is 0 Å². The average molecular weight is 206 g/mol. The van der Waals surface area contributed by atoms with Gasteiger partial charge < -0.3 is 15.7 Å². The Morgan fingerprint density at radius 2 is 2.20 bits per heavy atom. The lowest BCUT2D eigenvalue weighted by Crippen LogP contribution is -2.29. The minimum Gasteiger partial charge on any atom is -0.397 e. The van der Waals surface area contributed by atoms with Crippen LogP contribution in [-0.2, 0) is 0 Å². The normalized spacial score (nSPS) is 25.9. The van der Waals surface area contributed by atoms with Gasteiger partial charge in [-0.1, -0.05) is 6.07 Å². The number of anilines is 2. The fourth-order valence-electron chi connectivity index (χ4n) is 2.11. The molecule has 1 unspecified atom stereocenters. The molecule has 1 aliphatic rings. The number of hydrogen-bond donors (Lipinski definition) is 2. The maximum Gasteiger partial charge on any atom is 0.0810 e. The molecule has 0 radical (unpaired) electrons. The first-order chi connectivity index (χ1) is 6.98. The monoisotopic (exact) mass is 206 g/mol. The zero-order valence-electron chi connectivity index (χ0n) is 9.33. The first kappa shape index (κ1) is 10.3. The molecule has 0 amide bonds. The van der Waals surface area contributed by atoms with Gasteiger partial charge in [0.2, 0.25) is 0 Å². The van der Waals surface area contributed by atoms with Gasteiger partial charge in [-0.15, -0.1) is 0 Å². The van der Waals surface area contributed by atoms with E-state index in [4.69, 9.17) is 5.73 Å². The molecule has 1 aliphatic heterocycles. The molecule has 0 spiro atoms. The van der Waals surface area contributed by atoms with Crippen molar-refractivity contribution in [3.8, 4) is 0 Å². The highest BCUT2D eigenvalue weighted by atomic mass is 16.3. The van der Waals surface area contributed by atoms with Crippen LogP contribution in [0, 0.1) is 6.92 Å². The molecule has 1 saturated heterocycles. The first-order valence-corrected chi connectivity index (χ1v) is 5.31. The van der Waals surface area contributed by atoms with E-state index in [9.17, 15) is 5.11 Å². The molecule has 3 heteroatoms. The Labute approximate surface area is 90.5 Å². The molecule has 1 fully saturated rings. The van der Waals surface area contributed by atoms with Gasteiger partial charge in [-0.3, -0.25) is 0 Å². The highest BCUT2D eigenvalue weighted by molar-refractivity contribution is 5.69. The molecular formula is C12H18N2O. The summed E-state index contributed by atoms with van der Waals surface area (Å²) in [4.78, 5) is 2.15. The Kier molecular flexibility index (Phi) is 2.35. The highest BCUT2D eigenvalue weighted by Gasteiger charge is 2.31. The van der Waals surface area contributed by atoms with Crippen LogP contribution < -0.4 is 10.6 Å². The van der Waals surface area contributed by atoms with Crippen molar-refractivity contribution in [2.45, 2.75) is 25.9 Å². The first-order valence-electron chi connectivity index (χ1n) is 5.31. The number of nitrogens with two attached hydrogens (primary N) is 1. The predicted octanol–water partition coefficient (Wildman–Crippen LogP) is 1.54. The summed E-state index contributed by atoms with van der Waals surface area (Å²) in [5.74, 6) is 0. The third-order valence-electron chi connectivity index (χ3n) is 2.98. The molecule has 15 heavy (non-hydrogen) atoms. The standard InChI is InChI=1S/C12H18N2O/c1-9-3-4-11(10(13)7-9)14-6-5-12(2,15)8-14/h3-4,7,15H,5-6,8,13H2,1-2H3. The van der Waals surface area contributed by atoms with Crippen LogP contribution in [0.25, 0.3) is 0 Å². The second-order valence-corrected chi connectivity index (χ2v) is 4.73. The Morgan fingerprint density at radius 3 is 2.73 bits per heavy atom. The van der Waals surface area contributed by atoms with E-state index in [0.29, 0.717) is 6.54 Å². The molecule has 1 heterocycles. The number of aliphatic hydroxyl groups is 1. The van der Waals surface area contributed by atoms with Crippen molar-refractivity contribution in [2.24, 2.45) is 0 Å². The Morgan fingerprint density at radius 1 is 1.47 bits per heavy atom. The van der Waals surface area contributed by atoms with Crippen LogP contribution in [0.5, 0.6) is 0 Å². The molecule has 1 aromatic carbocycles. The summed E-state index contributed by atoms with van der Waals surface area (Å²) in [7, 11) is 0. The lowest BCUT2D eigenvalue weighted by molar-refractivity contribution is 0.0839. The van der Waals surface area contributed by atoms with Gasteiger partial charge in [0.1, 0.15) is 0 Å². The minimum absolute atomic E-state index is 0.572. The largest absolute Gasteiger partial charge is 0.397 e. The van der Waals surface area contributed by atoms with Crippen LogP contribution in [0.15, 0.2) is 18.2 Å². The molecular weight excluding hydrogens is 188 g/mol. The average Bonchev–Trinajstić information content (AvgIpc) is 2.46. The fourth-order valence-corrected chi connectivity index (χ4v) is 2.11. The summed E-state index contributed by atoms with van der Waals surface area (Å²) in [5.41, 5.74) is 8.40. The maximum absolute atomic E-state index is 9.89. The van der Waals surface area contributed by atoms with E-state index in [2.05, 4.69) is 11.0 Å². The summed E-state index contributed by atoms with van der Waals surface area (Å²) in [6.45, 7) is 5.44. The summed E-state index contributed by atoms with van der Waals surface area (Å²) in [6, 6.07) is 6.06. The number of rotatable bonds is 1. The van der Waals surface area contributed by atoms with Gasteiger partial charge in [-0.05, 0) is 38.0 Å². The van der Waals surface area contributed by atoms with Crippen molar-refractivity contribution in [2.75, 3.05) is 23.7 Å². The van der Waals surface area contributed by atoms with Gasteiger partial charge in [-0.2, -0.15) is 0 Å². The second kappa shape index (κ2) is 3.42. The molecule has 0 aromatic heterocycles. The molecule has 1 aromatic rings. The predicted molar refractivity (Wildman–Crippen MR) is 63.0 cm³/mol. The maximum atomic E-state index is 9.89. The van der Waals surface area contributed by atoms with Gasteiger partial charge in [0, 0.05) is 13.1 Å².